The van der Waals surface area contributed by atoms with Gasteiger partial charge in [-0.25, -0.2) is 0 Å². The van der Waals surface area contributed by atoms with Crippen molar-refractivity contribution in [2.45, 2.75) is 282 Å². The number of carbonyl (C=O) groups excluding carboxylic acids is 2. The molecule has 1 fully saturated rings. The molecular formula is C51H96O10. The fourth-order valence-electron chi connectivity index (χ4n) is 8.07. The summed E-state index contributed by atoms with van der Waals surface area (Å²) in [5.41, 5.74) is 0. The molecular weight excluding hydrogens is 773 g/mol. The molecule has 10 heteroatoms. The van der Waals surface area contributed by atoms with E-state index < -0.39 is 49.4 Å². The van der Waals surface area contributed by atoms with Crippen molar-refractivity contribution < 1.29 is 49.0 Å². The molecule has 0 aliphatic carbocycles. The first-order valence-corrected chi connectivity index (χ1v) is 25.8. The van der Waals surface area contributed by atoms with Gasteiger partial charge in [-0.3, -0.25) is 9.59 Å². The molecule has 0 radical (unpaired) electrons. The molecule has 0 spiro atoms. The van der Waals surface area contributed by atoms with E-state index in [9.17, 15) is 30.0 Å². The normalized spacial score (nSPS) is 19.7. The van der Waals surface area contributed by atoms with E-state index >= 15 is 0 Å². The largest absolute Gasteiger partial charge is 0.462 e. The lowest BCUT2D eigenvalue weighted by atomic mass is 9.99. The number of hydrogen-bond acceptors (Lipinski definition) is 10. The van der Waals surface area contributed by atoms with Gasteiger partial charge in [0.15, 0.2) is 12.4 Å². The van der Waals surface area contributed by atoms with Gasteiger partial charge in [-0.2, -0.15) is 0 Å². The Morgan fingerprint density at radius 1 is 0.492 bits per heavy atom. The van der Waals surface area contributed by atoms with E-state index in [4.69, 9.17) is 18.9 Å². The molecule has 4 N–H and O–H groups in total. The number of carbonyl (C=O) groups is 2. The molecule has 0 aromatic rings. The average Bonchev–Trinajstić information content (AvgIpc) is 3.26. The molecule has 0 aromatic heterocycles. The number of allylic oxidation sites excluding steroid dienone is 2. The molecule has 1 aliphatic rings. The highest BCUT2D eigenvalue weighted by molar-refractivity contribution is 5.70. The maximum Gasteiger partial charge on any atom is 0.306 e. The van der Waals surface area contributed by atoms with Gasteiger partial charge in [0.25, 0.3) is 0 Å². The van der Waals surface area contributed by atoms with Crippen LogP contribution >= 0.6 is 0 Å². The second-order valence-corrected chi connectivity index (χ2v) is 18.0. The van der Waals surface area contributed by atoms with Crippen molar-refractivity contribution in [1.82, 2.24) is 0 Å². The number of unbranched alkanes of at least 4 members (excludes halogenated alkanes) is 31. The number of esters is 2. The first-order valence-electron chi connectivity index (χ1n) is 25.8. The topological polar surface area (TPSA) is 152 Å². The maximum atomic E-state index is 12.8. The predicted molar refractivity (Wildman–Crippen MR) is 247 cm³/mol. The summed E-state index contributed by atoms with van der Waals surface area (Å²) in [7, 11) is 0. The summed E-state index contributed by atoms with van der Waals surface area (Å²) in [4.78, 5) is 25.4. The minimum Gasteiger partial charge on any atom is -0.462 e. The Bertz CT molecular complexity index is 1010. The van der Waals surface area contributed by atoms with Gasteiger partial charge in [-0.1, -0.05) is 206 Å². The Morgan fingerprint density at radius 3 is 1.28 bits per heavy atom. The standard InChI is InChI=1S/C51H96O10/c1-3-5-7-9-11-13-15-17-19-21-22-23-24-26-27-29-31-33-35-37-39-46(53)58-42-44(43-59-51-50(57)49(56)48(55)45(41-52)61-51)60-47(54)40-38-36-34-32-30-28-25-20-18-16-14-12-10-8-6-4-2/h20,25,44-45,48-52,55-57H,3-19,21-24,26-43H2,1-2H3/b25-20-. The van der Waals surface area contributed by atoms with Crippen molar-refractivity contribution in [3.63, 3.8) is 0 Å². The number of ether oxygens (including phenoxy) is 4. The van der Waals surface area contributed by atoms with Gasteiger partial charge >= 0.3 is 11.9 Å². The van der Waals surface area contributed by atoms with Gasteiger partial charge in [0.1, 0.15) is 31.0 Å². The molecule has 0 amide bonds. The molecule has 6 unspecified atom stereocenters. The third-order valence-corrected chi connectivity index (χ3v) is 12.2. The summed E-state index contributed by atoms with van der Waals surface area (Å²) in [6.07, 6.45) is 39.3. The van der Waals surface area contributed by atoms with E-state index in [1.165, 1.54) is 161 Å². The second-order valence-electron chi connectivity index (χ2n) is 18.0. The van der Waals surface area contributed by atoms with Crippen molar-refractivity contribution in [3.05, 3.63) is 12.2 Å². The van der Waals surface area contributed by atoms with Crippen LogP contribution in [0.15, 0.2) is 12.2 Å². The Labute approximate surface area is 373 Å². The van der Waals surface area contributed by atoms with Gasteiger partial charge in [0.2, 0.25) is 0 Å². The molecule has 10 nitrogen and oxygen atoms in total. The Balaban J connectivity index is 2.24. The lowest BCUT2D eigenvalue weighted by molar-refractivity contribution is -0.305. The Morgan fingerprint density at radius 2 is 0.869 bits per heavy atom. The van der Waals surface area contributed by atoms with Crippen LogP contribution in [-0.4, -0.2) is 89.0 Å². The van der Waals surface area contributed by atoms with Gasteiger partial charge < -0.3 is 39.4 Å². The van der Waals surface area contributed by atoms with Gasteiger partial charge in [-0.15, -0.1) is 0 Å². The minimum absolute atomic E-state index is 0.215. The van der Waals surface area contributed by atoms with Crippen molar-refractivity contribution in [3.8, 4) is 0 Å². The summed E-state index contributed by atoms with van der Waals surface area (Å²) in [6.45, 7) is 3.46. The van der Waals surface area contributed by atoms with Crippen molar-refractivity contribution >= 4 is 11.9 Å². The second kappa shape index (κ2) is 42.4. The van der Waals surface area contributed by atoms with Crippen LogP contribution in [0.2, 0.25) is 0 Å². The number of aliphatic hydroxyl groups is 4. The molecule has 1 rings (SSSR count). The minimum atomic E-state index is -1.59. The molecule has 0 bridgehead atoms. The van der Waals surface area contributed by atoms with Crippen molar-refractivity contribution in [2.24, 2.45) is 0 Å². The fourth-order valence-corrected chi connectivity index (χ4v) is 8.07. The Hall–Kier alpha value is -1.56. The average molecular weight is 869 g/mol. The van der Waals surface area contributed by atoms with Crippen LogP contribution in [-0.2, 0) is 28.5 Å². The van der Waals surface area contributed by atoms with E-state index in [0.29, 0.717) is 6.42 Å². The third-order valence-electron chi connectivity index (χ3n) is 12.2. The zero-order valence-electron chi connectivity index (χ0n) is 39.4. The van der Waals surface area contributed by atoms with E-state index in [0.717, 1.165) is 51.4 Å². The van der Waals surface area contributed by atoms with Gasteiger partial charge in [0, 0.05) is 12.8 Å². The number of aliphatic hydroxyl groups excluding tert-OH is 4. The SMILES string of the molecule is CCCCCCCCC/C=C\CCCCCCCC(=O)OC(COC(=O)CCCCCCCCCCCCCCCCCCCCCC)COC1OC(CO)C(O)C(O)C1O. The van der Waals surface area contributed by atoms with Crippen molar-refractivity contribution in [1.29, 1.82) is 0 Å². The number of rotatable bonds is 44. The molecule has 1 aliphatic heterocycles. The Kier molecular flexibility index (Phi) is 39.9. The van der Waals surface area contributed by atoms with E-state index in [2.05, 4.69) is 26.0 Å². The fraction of sp³-hybridized carbons (Fsp3) is 0.922. The first-order chi connectivity index (χ1) is 29.8. The van der Waals surface area contributed by atoms with Gasteiger partial charge in [-0.05, 0) is 38.5 Å². The molecule has 0 saturated carbocycles. The highest BCUT2D eigenvalue weighted by Gasteiger charge is 2.44. The van der Waals surface area contributed by atoms with Crippen LogP contribution in [0, 0.1) is 0 Å². The van der Waals surface area contributed by atoms with Crippen LogP contribution in [0.4, 0.5) is 0 Å². The zero-order chi connectivity index (χ0) is 44.4. The van der Waals surface area contributed by atoms with Crippen LogP contribution < -0.4 is 0 Å². The summed E-state index contributed by atoms with van der Waals surface area (Å²) in [5, 5.41) is 40.2. The van der Waals surface area contributed by atoms with Crippen LogP contribution in [0.25, 0.3) is 0 Å². The monoisotopic (exact) mass is 869 g/mol. The van der Waals surface area contributed by atoms with E-state index in [1.54, 1.807) is 0 Å². The van der Waals surface area contributed by atoms with Gasteiger partial charge in [0.05, 0.1) is 13.2 Å². The highest BCUT2D eigenvalue weighted by Crippen LogP contribution is 2.23. The summed E-state index contributed by atoms with van der Waals surface area (Å²) in [5.74, 6) is -0.801. The molecule has 6 atom stereocenters. The zero-order valence-corrected chi connectivity index (χ0v) is 39.4. The highest BCUT2D eigenvalue weighted by atomic mass is 16.7. The first kappa shape index (κ1) is 57.5. The summed E-state index contributed by atoms with van der Waals surface area (Å²) in [6, 6.07) is 0. The maximum absolute atomic E-state index is 12.8. The molecule has 61 heavy (non-hydrogen) atoms. The smallest absolute Gasteiger partial charge is 0.306 e. The quantitative estimate of drug-likeness (QED) is 0.0264. The van der Waals surface area contributed by atoms with Crippen molar-refractivity contribution in [2.75, 3.05) is 19.8 Å². The van der Waals surface area contributed by atoms with Crippen LogP contribution in [0.1, 0.15) is 245 Å². The third kappa shape index (κ3) is 33.6. The molecule has 1 heterocycles. The molecule has 1 saturated heterocycles. The lowest BCUT2D eigenvalue weighted by Gasteiger charge is -2.39. The number of hydrogen-bond donors (Lipinski definition) is 4. The lowest BCUT2D eigenvalue weighted by Crippen LogP contribution is -2.59. The summed E-state index contributed by atoms with van der Waals surface area (Å²) >= 11 is 0. The molecule has 0 aromatic carbocycles. The van der Waals surface area contributed by atoms with Crippen LogP contribution in [0.5, 0.6) is 0 Å². The summed E-state index contributed by atoms with van der Waals surface area (Å²) < 4.78 is 22.2. The molecule has 360 valence electrons. The van der Waals surface area contributed by atoms with E-state index in [1.807, 2.05) is 0 Å². The predicted octanol–water partition coefficient (Wildman–Crippen LogP) is 11.9. The van der Waals surface area contributed by atoms with Crippen LogP contribution in [0.3, 0.4) is 0 Å². The van der Waals surface area contributed by atoms with E-state index in [-0.39, 0.29) is 32.0 Å².